The Bertz CT molecular complexity index is 376. The summed E-state index contributed by atoms with van der Waals surface area (Å²) in [7, 11) is 0. The number of nitrogens with one attached hydrogen (secondary N) is 1. The molecule has 0 saturated carbocycles. The molecule has 2 nitrogen and oxygen atoms in total. The van der Waals surface area contributed by atoms with Gasteiger partial charge in [0.15, 0.2) is 0 Å². The van der Waals surface area contributed by atoms with Gasteiger partial charge in [-0.3, -0.25) is 5.32 Å². The third-order valence-corrected chi connectivity index (χ3v) is 2.36. The van der Waals surface area contributed by atoms with E-state index in [1.165, 1.54) is 5.56 Å². The lowest BCUT2D eigenvalue weighted by molar-refractivity contribution is 0.333. The van der Waals surface area contributed by atoms with Crippen LogP contribution < -0.4 is 10.1 Å². The molecule has 0 amide bonds. The van der Waals surface area contributed by atoms with Gasteiger partial charge in [0.2, 0.25) is 0 Å². The predicted molar refractivity (Wildman–Crippen MR) is 67.5 cm³/mol. The molecule has 0 radical (unpaired) electrons. The van der Waals surface area contributed by atoms with Crippen LogP contribution in [0.1, 0.15) is 32.4 Å². The lowest BCUT2D eigenvalue weighted by Crippen LogP contribution is -2.19. The second kappa shape index (κ2) is 6.92. The van der Waals surface area contributed by atoms with Crippen LogP contribution in [0.15, 0.2) is 24.3 Å². The van der Waals surface area contributed by atoms with Gasteiger partial charge < -0.3 is 4.74 Å². The molecule has 1 N–H and O–H groups in total. The molecule has 1 aromatic carbocycles. The van der Waals surface area contributed by atoms with Gasteiger partial charge in [-0.05, 0) is 26.8 Å². The molecule has 0 spiro atoms. The first-order chi connectivity index (χ1) is 7.79. The monoisotopic (exact) mass is 217 g/mol. The van der Waals surface area contributed by atoms with Crippen molar-refractivity contribution in [3.05, 3.63) is 29.8 Å². The zero-order valence-corrected chi connectivity index (χ0v) is 10.2. The lowest BCUT2D eigenvalue weighted by Gasteiger charge is -2.16. The minimum Gasteiger partial charge on any atom is -0.494 e. The highest BCUT2D eigenvalue weighted by Gasteiger charge is 2.09. The molecular weight excluding hydrogens is 198 g/mol. The second-order valence-corrected chi connectivity index (χ2v) is 3.50. The van der Waals surface area contributed by atoms with E-state index in [1.54, 1.807) is 0 Å². The second-order valence-electron chi connectivity index (χ2n) is 3.50. The van der Waals surface area contributed by atoms with Crippen LogP contribution in [-0.4, -0.2) is 13.2 Å². The van der Waals surface area contributed by atoms with Crippen molar-refractivity contribution in [2.75, 3.05) is 13.2 Å². The van der Waals surface area contributed by atoms with Crippen molar-refractivity contribution in [1.29, 1.82) is 0 Å². The highest BCUT2D eigenvalue weighted by atomic mass is 16.5. The fourth-order valence-electron chi connectivity index (χ4n) is 1.53. The molecule has 0 bridgehead atoms. The summed E-state index contributed by atoms with van der Waals surface area (Å²) in [6, 6.07) is 8.36. The molecule has 0 aliphatic heterocycles. The summed E-state index contributed by atoms with van der Waals surface area (Å²) >= 11 is 0. The number of ether oxygens (including phenoxy) is 1. The van der Waals surface area contributed by atoms with Crippen molar-refractivity contribution in [3.63, 3.8) is 0 Å². The third kappa shape index (κ3) is 3.60. The average Bonchev–Trinajstić information content (AvgIpc) is 2.30. The Kier molecular flexibility index (Phi) is 5.45. The van der Waals surface area contributed by atoms with E-state index in [0.717, 1.165) is 5.75 Å². The molecule has 0 aliphatic rings. The minimum atomic E-state index is 0.253. The van der Waals surface area contributed by atoms with Gasteiger partial charge in [0, 0.05) is 11.6 Å². The Labute approximate surface area is 98.0 Å². The van der Waals surface area contributed by atoms with E-state index in [9.17, 15) is 0 Å². The molecule has 0 saturated heterocycles. The van der Waals surface area contributed by atoms with Crippen molar-refractivity contribution in [3.8, 4) is 17.6 Å². The minimum absolute atomic E-state index is 0.253. The Morgan fingerprint density at radius 3 is 2.81 bits per heavy atom. The van der Waals surface area contributed by atoms with Crippen LogP contribution in [0.4, 0.5) is 0 Å². The average molecular weight is 217 g/mol. The van der Waals surface area contributed by atoms with Crippen LogP contribution in [0.25, 0.3) is 0 Å². The van der Waals surface area contributed by atoms with Gasteiger partial charge in [0.05, 0.1) is 13.2 Å². The molecular formula is C14H19NO. The van der Waals surface area contributed by atoms with Gasteiger partial charge in [0.1, 0.15) is 5.75 Å². The summed E-state index contributed by atoms with van der Waals surface area (Å²) in [6.45, 7) is 7.36. The van der Waals surface area contributed by atoms with Crippen LogP contribution in [0.3, 0.4) is 0 Å². The first kappa shape index (κ1) is 12.6. The zero-order valence-electron chi connectivity index (χ0n) is 10.2. The van der Waals surface area contributed by atoms with Gasteiger partial charge in [-0.2, -0.15) is 0 Å². The molecule has 0 aromatic heterocycles. The molecule has 1 unspecified atom stereocenters. The van der Waals surface area contributed by atoms with E-state index in [-0.39, 0.29) is 6.04 Å². The first-order valence-electron chi connectivity index (χ1n) is 5.64. The number of hydrogen-bond acceptors (Lipinski definition) is 2. The summed E-state index contributed by atoms with van der Waals surface area (Å²) in [5.74, 6) is 6.82. The van der Waals surface area contributed by atoms with E-state index in [2.05, 4.69) is 30.1 Å². The highest BCUT2D eigenvalue weighted by molar-refractivity contribution is 5.35. The lowest BCUT2D eigenvalue weighted by atomic mass is 10.1. The molecule has 0 aliphatic carbocycles. The van der Waals surface area contributed by atoms with Crippen LogP contribution in [0.2, 0.25) is 0 Å². The quantitative estimate of drug-likeness (QED) is 0.766. The van der Waals surface area contributed by atoms with Crippen molar-refractivity contribution >= 4 is 0 Å². The Hall–Kier alpha value is -1.46. The van der Waals surface area contributed by atoms with Crippen LogP contribution in [0, 0.1) is 11.8 Å². The van der Waals surface area contributed by atoms with Gasteiger partial charge in [0.25, 0.3) is 0 Å². The zero-order chi connectivity index (χ0) is 11.8. The van der Waals surface area contributed by atoms with Gasteiger partial charge in [-0.25, -0.2) is 0 Å². The molecule has 1 rings (SSSR count). The van der Waals surface area contributed by atoms with E-state index in [1.807, 2.05) is 32.0 Å². The molecule has 0 fully saturated rings. The summed E-state index contributed by atoms with van der Waals surface area (Å²) < 4.78 is 5.59. The molecule has 86 valence electrons. The summed E-state index contributed by atoms with van der Waals surface area (Å²) in [5, 5.41) is 3.35. The summed E-state index contributed by atoms with van der Waals surface area (Å²) in [6.07, 6.45) is 0. The maximum atomic E-state index is 5.59. The van der Waals surface area contributed by atoms with Crippen molar-refractivity contribution in [2.45, 2.75) is 26.8 Å². The fraction of sp³-hybridized carbons (Fsp3) is 0.429. The predicted octanol–water partition coefficient (Wildman–Crippen LogP) is 2.76. The third-order valence-electron chi connectivity index (χ3n) is 2.36. The van der Waals surface area contributed by atoms with Gasteiger partial charge in [-0.15, -0.1) is 5.92 Å². The number of para-hydroxylation sites is 1. The highest BCUT2D eigenvalue weighted by Crippen LogP contribution is 2.24. The topological polar surface area (TPSA) is 21.3 Å². The maximum absolute atomic E-state index is 5.59. The number of rotatable bonds is 5. The van der Waals surface area contributed by atoms with E-state index >= 15 is 0 Å². The normalized spacial score (nSPS) is 11.4. The van der Waals surface area contributed by atoms with E-state index < -0.39 is 0 Å². The van der Waals surface area contributed by atoms with Crippen LogP contribution in [0.5, 0.6) is 5.75 Å². The molecule has 16 heavy (non-hydrogen) atoms. The first-order valence-corrected chi connectivity index (χ1v) is 5.64. The van der Waals surface area contributed by atoms with Crippen LogP contribution >= 0.6 is 0 Å². The smallest absolute Gasteiger partial charge is 0.124 e. The number of benzene rings is 1. The molecule has 2 heteroatoms. The fourth-order valence-corrected chi connectivity index (χ4v) is 1.53. The van der Waals surface area contributed by atoms with Crippen LogP contribution in [-0.2, 0) is 0 Å². The summed E-state index contributed by atoms with van der Waals surface area (Å²) in [4.78, 5) is 0. The Morgan fingerprint density at radius 2 is 2.12 bits per heavy atom. The maximum Gasteiger partial charge on any atom is 0.124 e. The van der Waals surface area contributed by atoms with Gasteiger partial charge in [-0.1, -0.05) is 24.1 Å². The van der Waals surface area contributed by atoms with Crippen molar-refractivity contribution in [2.24, 2.45) is 0 Å². The van der Waals surface area contributed by atoms with E-state index in [0.29, 0.717) is 13.2 Å². The molecule has 0 heterocycles. The Morgan fingerprint density at radius 1 is 1.38 bits per heavy atom. The van der Waals surface area contributed by atoms with Crippen molar-refractivity contribution < 1.29 is 4.74 Å². The Balaban J connectivity index is 2.71. The molecule has 1 atom stereocenters. The standard InChI is InChI=1S/C14H19NO/c1-4-6-11-15-12(3)13-9-7-8-10-14(13)16-5-2/h7-10,12,15H,5,11H2,1-3H3. The van der Waals surface area contributed by atoms with Gasteiger partial charge >= 0.3 is 0 Å². The SMILES string of the molecule is CC#CCNC(C)c1ccccc1OCC. The van der Waals surface area contributed by atoms with Crippen molar-refractivity contribution in [1.82, 2.24) is 5.32 Å². The number of hydrogen-bond donors (Lipinski definition) is 1. The van der Waals surface area contributed by atoms with E-state index in [4.69, 9.17) is 4.74 Å². The largest absolute Gasteiger partial charge is 0.494 e. The molecule has 1 aromatic rings. The summed E-state index contributed by atoms with van der Waals surface area (Å²) in [5.41, 5.74) is 1.18.